The number of nitrogens with one attached hydrogen (secondary N) is 1. The molecule has 2 aromatic carbocycles. The molecule has 2 rings (SSSR count). The Morgan fingerprint density at radius 3 is 2.33 bits per heavy atom. The van der Waals surface area contributed by atoms with E-state index in [1.165, 1.54) is 5.56 Å². The Bertz CT molecular complexity index is 529. The molecule has 90 valence electrons. The van der Waals surface area contributed by atoms with Crippen molar-refractivity contribution < 1.29 is 0 Å². The molecule has 0 bridgehead atoms. The lowest BCUT2D eigenvalue weighted by Crippen LogP contribution is -2.19. The van der Waals surface area contributed by atoms with Gasteiger partial charge in [0.25, 0.3) is 0 Å². The first-order valence-corrected chi connectivity index (χ1v) is 6.51. The lowest BCUT2D eigenvalue weighted by Gasteiger charge is -2.12. The number of hydrogen-bond acceptors (Lipinski definition) is 2. The van der Waals surface area contributed by atoms with E-state index >= 15 is 0 Å². The molecular formula is C15H13BrN2. The summed E-state index contributed by atoms with van der Waals surface area (Å²) in [6.07, 6.45) is 0. The summed E-state index contributed by atoms with van der Waals surface area (Å²) >= 11 is 3.39. The third-order valence-electron chi connectivity index (χ3n) is 2.69. The van der Waals surface area contributed by atoms with Gasteiger partial charge in [0.05, 0.1) is 6.07 Å². The molecule has 0 heterocycles. The second kappa shape index (κ2) is 6.34. The highest BCUT2D eigenvalue weighted by Crippen LogP contribution is 2.16. The van der Waals surface area contributed by atoms with Gasteiger partial charge in [-0.1, -0.05) is 58.4 Å². The van der Waals surface area contributed by atoms with Crippen LogP contribution in [0.1, 0.15) is 17.2 Å². The van der Waals surface area contributed by atoms with Gasteiger partial charge in [-0.05, 0) is 23.3 Å². The van der Waals surface area contributed by atoms with Gasteiger partial charge in [0.15, 0.2) is 0 Å². The van der Waals surface area contributed by atoms with E-state index in [1.54, 1.807) is 0 Å². The highest BCUT2D eigenvalue weighted by molar-refractivity contribution is 9.10. The zero-order valence-electron chi connectivity index (χ0n) is 9.81. The van der Waals surface area contributed by atoms with Crippen molar-refractivity contribution >= 4 is 15.9 Å². The van der Waals surface area contributed by atoms with Crippen LogP contribution < -0.4 is 5.32 Å². The highest BCUT2D eigenvalue weighted by atomic mass is 79.9. The fourth-order valence-electron chi connectivity index (χ4n) is 1.71. The maximum atomic E-state index is 9.20. The minimum Gasteiger partial charge on any atom is -0.294 e. The highest BCUT2D eigenvalue weighted by Gasteiger charge is 2.09. The van der Waals surface area contributed by atoms with Crippen LogP contribution in [0, 0.1) is 11.3 Å². The van der Waals surface area contributed by atoms with Crippen LogP contribution in [0.5, 0.6) is 0 Å². The maximum absolute atomic E-state index is 9.20. The molecule has 1 N–H and O–H groups in total. The molecule has 0 spiro atoms. The molecular weight excluding hydrogens is 288 g/mol. The second-order valence-corrected chi connectivity index (χ2v) is 4.90. The fraction of sp³-hybridized carbons (Fsp3) is 0.133. The van der Waals surface area contributed by atoms with Gasteiger partial charge in [-0.25, -0.2) is 0 Å². The average molecular weight is 301 g/mol. The number of benzene rings is 2. The summed E-state index contributed by atoms with van der Waals surface area (Å²) in [5.41, 5.74) is 2.16. The Hall–Kier alpha value is -1.63. The smallest absolute Gasteiger partial charge is 0.121 e. The van der Waals surface area contributed by atoms with Gasteiger partial charge in [0.1, 0.15) is 6.04 Å². The molecule has 0 aliphatic carbocycles. The zero-order chi connectivity index (χ0) is 12.8. The van der Waals surface area contributed by atoms with Crippen molar-refractivity contribution in [3.63, 3.8) is 0 Å². The maximum Gasteiger partial charge on any atom is 0.121 e. The number of rotatable bonds is 4. The first kappa shape index (κ1) is 12.8. The Morgan fingerprint density at radius 1 is 1.06 bits per heavy atom. The van der Waals surface area contributed by atoms with Crippen LogP contribution in [0.15, 0.2) is 59.1 Å². The van der Waals surface area contributed by atoms with E-state index in [0.717, 1.165) is 10.0 Å². The molecule has 2 aromatic rings. The molecule has 18 heavy (non-hydrogen) atoms. The van der Waals surface area contributed by atoms with Crippen molar-refractivity contribution in [3.8, 4) is 6.07 Å². The molecule has 0 saturated heterocycles. The predicted molar refractivity (Wildman–Crippen MR) is 75.8 cm³/mol. The third kappa shape index (κ3) is 3.43. The summed E-state index contributed by atoms with van der Waals surface area (Å²) in [5, 5.41) is 12.4. The van der Waals surface area contributed by atoms with Crippen LogP contribution in [-0.4, -0.2) is 0 Å². The lowest BCUT2D eigenvalue weighted by atomic mass is 10.1. The van der Waals surface area contributed by atoms with E-state index in [0.29, 0.717) is 6.54 Å². The first-order valence-electron chi connectivity index (χ1n) is 5.72. The quantitative estimate of drug-likeness (QED) is 0.932. The Morgan fingerprint density at radius 2 is 1.72 bits per heavy atom. The molecule has 2 nitrogen and oxygen atoms in total. The van der Waals surface area contributed by atoms with Crippen LogP contribution in [-0.2, 0) is 6.54 Å². The normalized spacial score (nSPS) is 11.8. The molecule has 0 aromatic heterocycles. The van der Waals surface area contributed by atoms with Crippen molar-refractivity contribution in [2.45, 2.75) is 12.6 Å². The summed E-state index contributed by atoms with van der Waals surface area (Å²) in [6.45, 7) is 0.690. The molecule has 1 atom stereocenters. The van der Waals surface area contributed by atoms with Gasteiger partial charge < -0.3 is 0 Å². The summed E-state index contributed by atoms with van der Waals surface area (Å²) in [4.78, 5) is 0. The van der Waals surface area contributed by atoms with Crippen LogP contribution in [0.4, 0.5) is 0 Å². The van der Waals surface area contributed by atoms with E-state index in [4.69, 9.17) is 0 Å². The van der Waals surface area contributed by atoms with Crippen LogP contribution in [0.3, 0.4) is 0 Å². The van der Waals surface area contributed by atoms with Gasteiger partial charge in [-0.2, -0.15) is 5.26 Å². The van der Waals surface area contributed by atoms with Gasteiger partial charge in [0.2, 0.25) is 0 Å². The standard InChI is InChI=1S/C15H13BrN2/c16-14-8-6-13(7-9-14)15(10-17)18-11-12-4-2-1-3-5-12/h1-9,15,18H,11H2/t15-/m1/s1. The number of nitriles is 1. The van der Waals surface area contributed by atoms with Gasteiger partial charge in [-0.3, -0.25) is 5.32 Å². The monoisotopic (exact) mass is 300 g/mol. The predicted octanol–water partition coefficient (Wildman–Crippen LogP) is 3.80. The Kier molecular flexibility index (Phi) is 4.52. The minimum absolute atomic E-state index is 0.279. The zero-order valence-corrected chi connectivity index (χ0v) is 11.4. The largest absolute Gasteiger partial charge is 0.294 e. The topological polar surface area (TPSA) is 35.8 Å². The number of hydrogen-bond donors (Lipinski definition) is 1. The van der Waals surface area contributed by atoms with E-state index in [2.05, 4.69) is 27.3 Å². The molecule has 0 amide bonds. The molecule has 0 radical (unpaired) electrons. The van der Waals surface area contributed by atoms with Crippen molar-refractivity contribution in [2.24, 2.45) is 0 Å². The van der Waals surface area contributed by atoms with Crippen LogP contribution in [0.2, 0.25) is 0 Å². The van der Waals surface area contributed by atoms with Crippen molar-refractivity contribution in [1.29, 1.82) is 5.26 Å². The SMILES string of the molecule is N#C[C@@H](NCc1ccccc1)c1ccc(Br)cc1. The van der Waals surface area contributed by atoms with Crippen LogP contribution >= 0.6 is 15.9 Å². The van der Waals surface area contributed by atoms with E-state index in [1.807, 2.05) is 54.6 Å². The third-order valence-corrected chi connectivity index (χ3v) is 3.21. The lowest BCUT2D eigenvalue weighted by molar-refractivity contribution is 0.630. The molecule has 0 aliphatic rings. The number of nitrogens with zero attached hydrogens (tertiary/aromatic N) is 1. The van der Waals surface area contributed by atoms with E-state index < -0.39 is 0 Å². The first-order chi connectivity index (χ1) is 8.79. The summed E-state index contributed by atoms with van der Waals surface area (Å²) in [7, 11) is 0. The summed E-state index contributed by atoms with van der Waals surface area (Å²) < 4.78 is 1.02. The van der Waals surface area contributed by atoms with Gasteiger partial charge in [0, 0.05) is 11.0 Å². The fourth-order valence-corrected chi connectivity index (χ4v) is 1.97. The molecule has 3 heteroatoms. The molecule has 0 fully saturated rings. The van der Waals surface area contributed by atoms with Crippen molar-refractivity contribution in [3.05, 3.63) is 70.2 Å². The number of halogens is 1. The molecule has 0 unspecified atom stereocenters. The molecule has 0 aliphatic heterocycles. The van der Waals surface area contributed by atoms with E-state index in [9.17, 15) is 5.26 Å². The average Bonchev–Trinajstić information content (AvgIpc) is 2.42. The van der Waals surface area contributed by atoms with Gasteiger partial charge >= 0.3 is 0 Å². The van der Waals surface area contributed by atoms with Crippen molar-refractivity contribution in [2.75, 3.05) is 0 Å². The van der Waals surface area contributed by atoms with E-state index in [-0.39, 0.29) is 6.04 Å². The summed E-state index contributed by atoms with van der Waals surface area (Å²) in [6, 6.07) is 19.9. The summed E-state index contributed by atoms with van der Waals surface area (Å²) in [5.74, 6) is 0. The van der Waals surface area contributed by atoms with Crippen LogP contribution in [0.25, 0.3) is 0 Å². The van der Waals surface area contributed by atoms with Gasteiger partial charge in [-0.15, -0.1) is 0 Å². The minimum atomic E-state index is -0.279. The second-order valence-electron chi connectivity index (χ2n) is 3.98. The Labute approximate surface area is 115 Å². The Balaban J connectivity index is 2.02. The molecule has 0 saturated carbocycles. The van der Waals surface area contributed by atoms with Crippen molar-refractivity contribution in [1.82, 2.24) is 5.32 Å².